The first-order chi connectivity index (χ1) is 11.0. The number of aromatic nitrogens is 2. The van der Waals surface area contributed by atoms with Crippen LogP contribution in [0.2, 0.25) is 0 Å². The predicted molar refractivity (Wildman–Crippen MR) is 91.1 cm³/mol. The fourth-order valence-corrected chi connectivity index (χ4v) is 2.38. The van der Waals surface area contributed by atoms with Crippen LogP contribution in [0.3, 0.4) is 0 Å². The van der Waals surface area contributed by atoms with Crippen molar-refractivity contribution in [2.75, 3.05) is 12.5 Å². The van der Waals surface area contributed by atoms with Crippen LogP contribution in [0.1, 0.15) is 12.6 Å². The molecule has 2 rings (SSSR count). The molecule has 0 radical (unpaired) electrons. The Hall–Kier alpha value is -1.43. The maximum absolute atomic E-state index is 12.1. The number of alkyl halides is 3. The van der Waals surface area contributed by atoms with Crippen LogP contribution in [-0.4, -0.2) is 32.3 Å². The molecule has 1 unspecified atom stereocenters. The minimum absolute atomic E-state index is 0.0558. The van der Waals surface area contributed by atoms with Gasteiger partial charge in [-0.05, 0) is 12.1 Å². The van der Waals surface area contributed by atoms with Crippen molar-refractivity contribution in [2.45, 2.75) is 16.9 Å². The lowest BCUT2D eigenvalue weighted by molar-refractivity contribution is -0.123. The summed E-state index contributed by atoms with van der Waals surface area (Å²) in [4.78, 5) is 16.0. The average Bonchev–Trinajstić information content (AvgIpc) is 3.07. The summed E-state index contributed by atoms with van der Waals surface area (Å²) in [6.07, 6.45) is 4.16. The van der Waals surface area contributed by atoms with Gasteiger partial charge in [0, 0.05) is 12.4 Å². The third-order valence-corrected chi connectivity index (χ3v) is 4.42. The number of benzene rings is 1. The first-order valence-corrected chi connectivity index (χ1v) is 8.20. The van der Waals surface area contributed by atoms with Gasteiger partial charge in [-0.2, -0.15) is 0 Å². The molecule has 0 saturated heterocycles. The van der Waals surface area contributed by atoms with Gasteiger partial charge in [0.1, 0.15) is 11.9 Å². The van der Waals surface area contributed by atoms with Crippen molar-refractivity contribution in [3.05, 3.63) is 49.1 Å². The van der Waals surface area contributed by atoms with E-state index in [9.17, 15) is 4.79 Å². The molecule has 0 bridgehead atoms. The molecule has 0 aliphatic carbocycles. The largest absolute Gasteiger partial charge is 0.493 e. The van der Waals surface area contributed by atoms with Gasteiger partial charge < -0.3 is 14.6 Å². The van der Waals surface area contributed by atoms with Crippen molar-refractivity contribution in [1.82, 2.24) is 14.9 Å². The molecule has 1 aromatic heterocycles. The second kappa shape index (κ2) is 8.43. The number of rotatable bonds is 8. The van der Waals surface area contributed by atoms with Gasteiger partial charge in [0.2, 0.25) is 5.91 Å². The van der Waals surface area contributed by atoms with E-state index in [4.69, 9.17) is 39.5 Å². The van der Waals surface area contributed by atoms with E-state index in [2.05, 4.69) is 10.3 Å². The minimum Gasteiger partial charge on any atom is -0.493 e. The lowest BCUT2D eigenvalue weighted by atomic mass is 10.3. The molecule has 0 fully saturated rings. The molecule has 0 aliphatic rings. The third kappa shape index (κ3) is 5.30. The van der Waals surface area contributed by atoms with Crippen LogP contribution in [0, 0.1) is 0 Å². The SMILES string of the molecule is O=C(CCOc1ccccc1)NC(n1ccnc1)C(Cl)(Cl)CCl. The van der Waals surface area contributed by atoms with E-state index >= 15 is 0 Å². The molecule has 1 N–H and O–H groups in total. The van der Waals surface area contributed by atoms with Crippen LogP contribution in [0.15, 0.2) is 49.1 Å². The molecule has 2 aromatic rings. The lowest BCUT2D eigenvalue weighted by Crippen LogP contribution is -2.43. The van der Waals surface area contributed by atoms with E-state index < -0.39 is 10.5 Å². The molecule has 1 heterocycles. The first kappa shape index (κ1) is 17.9. The van der Waals surface area contributed by atoms with Gasteiger partial charge in [0.15, 0.2) is 4.33 Å². The van der Waals surface area contributed by atoms with Crippen molar-refractivity contribution in [3.8, 4) is 5.75 Å². The summed E-state index contributed by atoms with van der Waals surface area (Å²) in [5, 5.41) is 2.75. The number of hydrogen-bond donors (Lipinski definition) is 1. The van der Waals surface area contributed by atoms with Crippen molar-refractivity contribution in [3.63, 3.8) is 0 Å². The number of nitrogens with zero attached hydrogens (tertiary/aromatic N) is 2. The molecule has 1 atom stereocenters. The zero-order valence-electron chi connectivity index (χ0n) is 12.2. The van der Waals surface area contributed by atoms with E-state index in [-0.39, 0.29) is 24.8 Å². The maximum Gasteiger partial charge on any atom is 0.225 e. The highest BCUT2D eigenvalue weighted by Crippen LogP contribution is 2.33. The smallest absolute Gasteiger partial charge is 0.225 e. The Morgan fingerprint density at radius 2 is 2.09 bits per heavy atom. The Balaban J connectivity index is 1.90. The molecule has 23 heavy (non-hydrogen) atoms. The van der Waals surface area contributed by atoms with E-state index in [0.717, 1.165) is 0 Å². The highest BCUT2D eigenvalue weighted by atomic mass is 35.5. The number of carbonyl (C=O) groups is 1. The van der Waals surface area contributed by atoms with Crippen LogP contribution in [0.25, 0.3) is 0 Å². The molecule has 0 aliphatic heterocycles. The number of nitrogens with one attached hydrogen (secondary N) is 1. The summed E-state index contributed by atoms with van der Waals surface area (Å²) >= 11 is 18.2. The maximum atomic E-state index is 12.1. The van der Waals surface area contributed by atoms with Gasteiger partial charge >= 0.3 is 0 Å². The van der Waals surface area contributed by atoms with Crippen molar-refractivity contribution >= 4 is 40.7 Å². The zero-order valence-corrected chi connectivity index (χ0v) is 14.4. The van der Waals surface area contributed by atoms with E-state index in [1.807, 2.05) is 30.3 Å². The second-order valence-corrected chi connectivity index (χ2v) is 6.60. The lowest BCUT2D eigenvalue weighted by Gasteiger charge is -2.29. The summed E-state index contributed by atoms with van der Waals surface area (Å²) in [5.41, 5.74) is 0. The topological polar surface area (TPSA) is 56.1 Å². The number of amides is 1. The Kier molecular flexibility index (Phi) is 6.57. The number of carbonyl (C=O) groups excluding carboxylic acids is 1. The molecule has 1 aromatic carbocycles. The summed E-state index contributed by atoms with van der Waals surface area (Å²) in [6.45, 7) is 0.241. The highest BCUT2D eigenvalue weighted by Gasteiger charge is 2.36. The molecule has 1 amide bonds. The van der Waals surface area contributed by atoms with Crippen LogP contribution in [0.5, 0.6) is 5.75 Å². The summed E-state index contributed by atoms with van der Waals surface area (Å²) in [5.74, 6) is 0.395. The van der Waals surface area contributed by atoms with Gasteiger partial charge in [0.05, 0.1) is 25.2 Å². The molecule has 8 heteroatoms. The standard InChI is InChI=1S/C15H16Cl3N3O2/c16-10-15(17,18)14(21-8-7-19-11-21)20-13(22)6-9-23-12-4-2-1-3-5-12/h1-5,7-8,11,14H,6,9-10H2,(H,20,22). The number of para-hydroxylation sites is 1. The molecular weight excluding hydrogens is 361 g/mol. The monoisotopic (exact) mass is 375 g/mol. The first-order valence-electron chi connectivity index (χ1n) is 6.91. The van der Waals surface area contributed by atoms with Crippen LogP contribution in [0.4, 0.5) is 0 Å². The molecule has 0 spiro atoms. The fourth-order valence-electron chi connectivity index (χ4n) is 1.90. The van der Waals surface area contributed by atoms with Gasteiger partial charge in [0.25, 0.3) is 0 Å². The van der Waals surface area contributed by atoms with E-state index in [1.54, 1.807) is 17.0 Å². The van der Waals surface area contributed by atoms with Crippen LogP contribution < -0.4 is 10.1 Å². The van der Waals surface area contributed by atoms with Gasteiger partial charge in [-0.1, -0.05) is 41.4 Å². The highest BCUT2D eigenvalue weighted by molar-refractivity contribution is 6.51. The molecule has 0 saturated carbocycles. The third-order valence-electron chi connectivity index (χ3n) is 3.04. The number of halogens is 3. The molecule has 5 nitrogen and oxygen atoms in total. The fraction of sp³-hybridized carbons (Fsp3) is 0.333. The normalized spacial score (nSPS) is 12.7. The Morgan fingerprint density at radius 1 is 1.35 bits per heavy atom. The van der Waals surface area contributed by atoms with Gasteiger partial charge in [-0.25, -0.2) is 4.98 Å². The Morgan fingerprint density at radius 3 is 2.70 bits per heavy atom. The molecular formula is C15H16Cl3N3O2. The van der Waals surface area contributed by atoms with Gasteiger partial charge in [-0.3, -0.25) is 4.79 Å². The van der Waals surface area contributed by atoms with Crippen molar-refractivity contribution < 1.29 is 9.53 Å². The summed E-state index contributed by atoms with van der Waals surface area (Å²) in [6, 6.07) is 9.26. The Bertz CT molecular complexity index is 606. The molecule has 124 valence electrons. The van der Waals surface area contributed by atoms with E-state index in [0.29, 0.717) is 5.75 Å². The quantitative estimate of drug-likeness (QED) is 0.719. The second-order valence-electron chi connectivity index (χ2n) is 4.79. The summed E-state index contributed by atoms with van der Waals surface area (Å²) in [7, 11) is 0. The van der Waals surface area contributed by atoms with Crippen LogP contribution >= 0.6 is 34.8 Å². The average molecular weight is 377 g/mol. The Labute approximate surface area is 149 Å². The van der Waals surface area contributed by atoms with Crippen molar-refractivity contribution in [2.24, 2.45) is 0 Å². The number of hydrogen-bond acceptors (Lipinski definition) is 3. The number of imidazole rings is 1. The van der Waals surface area contributed by atoms with Crippen LogP contribution in [-0.2, 0) is 4.79 Å². The van der Waals surface area contributed by atoms with E-state index in [1.165, 1.54) is 6.33 Å². The van der Waals surface area contributed by atoms with Crippen molar-refractivity contribution in [1.29, 1.82) is 0 Å². The minimum atomic E-state index is -1.36. The zero-order chi connectivity index (χ0) is 16.7. The summed E-state index contributed by atoms with van der Waals surface area (Å²) < 4.78 is 5.72. The predicted octanol–water partition coefficient (Wildman–Crippen LogP) is 3.38. The van der Waals surface area contributed by atoms with Gasteiger partial charge in [-0.15, -0.1) is 11.6 Å². The number of ether oxygens (including phenoxy) is 1.